The summed E-state index contributed by atoms with van der Waals surface area (Å²) in [7, 11) is 0. The molecular weight excluding hydrogens is 243 g/mol. The van der Waals surface area contributed by atoms with Crippen LogP contribution in [0, 0.1) is 0 Å². The molecule has 1 atom stereocenters. The summed E-state index contributed by atoms with van der Waals surface area (Å²) >= 11 is 12.1. The van der Waals surface area contributed by atoms with E-state index in [1.807, 2.05) is 24.4 Å². The van der Waals surface area contributed by atoms with E-state index in [0.717, 1.165) is 11.4 Å². The molecule has 16 heavy (non-hydrogen) atoms. The highest BCUT2D eigenvalue weighted by molar-refractivity contribution is 6.42. The molecule has 0 saturated heterocycles. The molecule has 1 unspecified atom stereocenters. The second-order valence-electron chi connectivity index (χ2n) is 3.95. The van der Waals surface area contributed by atoms with Gasteiger partial charge in [0.2, 0.25) is 0 Å². The van der Waals surface area contributed by atoms with Crippen LogP contribution in [0.1, 0.15) is 18.7 Å². The second kappa shape index (κ2) is 3.44. The Balaban J connectivity index is 2.28. The molecule has 0 aliphatic carbocycles. The van der Waals surface area contributed by atoms with E-state index in [0.29, 0.717) is 10.0 Å². The average molecular weight is 253 g/mol. The molecule has 3 rings (SSSR count). The fourth-order valence-electron chi connectivity index (χ4n) is 2.12. The minimum atomic E-state index is 0.278. The van der Waals surface area contributed by atoms with Crippen LogP contribution >= 0.6 is 23.2 Å². The largest absolute Gasteiger partial charge is 0.375 e. The zero-order valence-corrected chi connectivity index (χ0v) is 10.2. The Hall–Kier alpha value is -1.12. The van der Waals surface area contributed by atoms with E-state index in [9.17, 15) is 0 Å². The van der Waals surface area contributed by atoms with Crippen molar-refractivity contribution >= 4 is 28.9 Å². The molecule has 0 bridgehead atoms. The third-order valence-corrected chi connectivity index (χ3v) is 3.62. The second-order valence-corrected chi connectivity index (χ2v) is 4.77. The number of benzene rings is 1. The van der Waals surface area contributed by atoms with Crippen LogP contribution in [-0.4, -0.2) is 4.57 Å². The molecule has 2 heterocycles. The van der Waals surface area contributed by atoms with Gasteiger partial charge in [0.1, 0.15) is 0 Å². The first-order valence-corrected chi connectivity index (χ1v) is 5.85. The van der Waals surface area contributed by atoms with Crippen LogP contribution in [0.4, 0.5) is 5.69 Å². The predicted molar refractivity (Wildman–Crippen MR) is 67.8 cm³/mol. The first kappa shape index (κ1) is 10.1. The number of halogens is 2. The van der Waals surface area contributed by atoms with Crippen molar-refractivity contribution < 1.29 is 0 Å². The van der Waals surface area contributed by atoms with Gasteiger partial charge in [0.25, 0.3) is 0 Å². The Morgan fingerprint density at radius 3 is 2.81 bits per heavy atom. The van der Waals surface area contributed by atoms with Crippen molar-refractivity contribution in [1.82, 2.24) is 4.57 Å². The van der Waals surface area contributed by atoms with Gasteiger partial charge in [0.05, 0.1) is 27.5 Å². The van der Waals surface area contributed by atoms with E-state index < -0.39 is 0 Å². The van der Waals surface area contributed by atoms with E-state index in [2.05, 4.69) is 22.9 Å². The number of hydrogen-bond acceptors (Lipinski definition) is 1. The molecule has 2 aromatic rings. The van der Waals surface area contributed by atoms with Crippen molar-refractivity contribution in [3.63, 3.8) is 0 Å². The molecule has 82 valence electrons. The smallest absolute Gasteiger partial charge is 0.0702 e. The molecule has 0 amide bonds. The van der Waals surface area contributed by atoms with E-state index >= 15 is 0 Å². The number of hydrogen-bond donors (Lipinski definition) is 1. The van der Waals surface area contributed by atoms with Crippen LogP contribution in [0.25, 0.3) is 5.69 Å². The Kier molecular flexibility index (Phi) is 2.16. The monoisotopic (exact) mass is 252 g/mol. The minimum absolute atomic E-state index is 0.278. The van der Waals surface area contributed by atoms with E-state index in [1.54, 1.807) is 0 Å². The highest BCUT2D eigenvalue weighted by Gasteiger charge is 2.21. The maximum atomic E-state index is 6.04. The fourth-order valence-corrected chi connectivity index (χ4v) is 2.45. The van der Waals surface area contributed by atoms with Crippen LogP contribution in [0.2, 0.25) is 10.0 Å². The Labute approximate surface area is 104 Å². The zero-order chi connectivity index (χ0) is 11.3. The number of rotatable bonds is 0. The Bertz CT molecular complexity index is 560. The summed E-state index contributed by atoms with van der Waals surface area (Å²) in [4.78, 5) is 0. The number of nitrogens with zero attached hydrogens (tertiary/aromatic N) is 1. The van der Waals surface area contributed by atoms with Crippen molar-refractivity contribution in [2.75, 3.05) is 5.32 Å². The summed E-state index contributed by atoms with van der Waals surface area (Å²) in [5.74, 6) is 0. The normalized spacial score (nSPS) is 17.6. The van der Waals surface area contributed by atoms with E-state index in [-0.39, 0.29) is 6.04 Å². The van der Waals surface area contributed by atoms with Crippen LogP contribution in [-0.2, 0) is 0 Å². The molecule has 1 aromatic heterocycles. The minimum Gasteiger partial charge on any atom is -0.375 e. The summed E-state index contributed by atoms with van der Waals surface area (Å²) in [6, 6.07) is 8.17. The summed E-state index contributed by atoms with van der Waals surface area (Å²) in [6.07, 6.45) is 2.04. The maximum Gasteiger partial charge on any atom is 0.0702 e. The van der Waals surface area contributed by atoms with Gasteiger partial charge >= 0.3 is 0 Å². The Morgan fingerprint density at radius 2 is 2.00 bits per heavy atom. The quantitative estimate of drug-likeness (QED) is 0.741. The molecule has 2 nitrogen and oxygen atoms in total. The lowest BCUT2D eigenvalue weighted by atomic mass is 10.1. The summed E-state index contributed by atoms with van der Waals surface area (Å²) in [5, 5.41) is 4.57. The number of fused-ring (bicyclic) bond motifs is 3. The lowest BCUT2D eigenvalue weighted by Gasteiger charge is -2.27. The topological polar surface area (TPSA) is 17.0 Å². The lowest BCUT2D eigenvalue weighted by molar-refractivity contribution is 0.774. The van der Waals surface area contributed by atoms with Gasteiger partial charge in [0, 0.05) is 11.9 Å². The van der Waals surface area contributed by atoms with Gasteiger partial charge in [-0.05, 0) is 31.2 Å². The highest BCUT2D eigenvalue weighted by Crippen LogP contribution is 2.38. The SMILES string of the molecule is CC1Nc2cc(Cl)c(Cl)cc2-n2cccc21. The molecular formula is C12H10Cl2N2. The summed E-state index contributed by atoms with van der Waals surface area (Å²) < 4.78 is 2.14. The van der Waals surface area contributed by atoms with Crippen molar-refractivity contribution in [2.45, 2.75) is 13.0 Å². The number of aromatic nitrogens is 1. The van der Waals surface area contributed by atoms with Gasteiger partial charge in [-0.2, -0.15) is 0 Å². The van der Waals surface area contributed by atoms with Gasteiger partial charge in [-0.25, -0.2) is 0 Å². The highest BCUT2D eigenvalue weighted by atomic mass is 35.5. The summed E-state index contributed by atoms with van der Waals surface area (Å²) in [6.45, 7) is 2.12. The molecule has 1 N–H and O–H groups in total. The molecule has 0 fully saturated rings. The van der Waals surface area contributed by atoms with Crippen molar-refractivity contribution in [3.05, 3.63) is 46.2 Å². The van der Waals surface area contributed by atoms with Gasteiger partial charge in [-0.3, -0.25) is 0 Å². The molecule has 1 aromatic carbocycles. The maximum absolute atomic E-state index is 6.04. The third kappa shape index (κ3) is 1.34. The van der Waals surface area contributed by atoms with Crippen molar-refractivity contribution in [1.29, 1.82) is 0 Å². The Morgan fingerprint density at radius 1 is 1.25 bits per heavy atom. The molecule has 0 spiro atoms. The third-order valence-electron chi connectivity index (χ3n) is 2.89. The standard InChI is InChI=1S/C12H10Cl2N2/c1-7-11-3-2-4-16(11)12-6-9(14)8(13)5-10(12)15-7/h2-7,15H,1H3. The summed E-state index contributed by atoms with van der Waals surface area (Å²) in [5.41, 5.74) is 3.30. The molecule has 0 saturated carbocycles. The van der Waals surface area contributed by atoms with Gasteiger partial charge < -0.3 is 9.88 Å². The predicted octanol–water partition coefficient (Wildman–Crippen LogP) is 4.27. The lowest BCUT2D eigenvalue weighted by Crippen LogP contribution is -2.18. The first-order valence-electron chi connectivity index (χ1n) is 5.10. The van der Waals surface area contributed by atoms with Crippen LogP contribution < -0.4 is 5.32 Å². The molecule has 1 aliphatic heterocycles. The molecule has 0 radical (unpaired) electrons. The van der Waals surface area contributed by atoms with Gasteiger partial charge in [0.15, 0.2) is 0 Å². The van der Waals surface area contributed by atoms with Gasteiger partial charge in [-0.1, -0.05) is 23.2 Å². The molecule has 1 aliphatic rings. The zero-order valence-electron chi connectivity index (χ0n) is 8.67. The van der Waals surface area contributed by atoms with E-state index in [4.69, 9.17) is 23.2 Å². The van der Waals surface area contributed by atoms with E-state index in [1.165, 1.54) is 5.69 Å². The average Bonchev–Trinajstić information content (AvgIpc) is 2.71. The number of anilines is 1. The van der Waals surface area contributed by atoms with Gasteiger partial charge in [-0.15, -0.1) is 0 Å². The van der Waals surface area contributed by atoms with Crippen molar-refractivity contribution in [3.8, 4) is 5.69 Å². The van der Waals surface area contributed by atoms with Crippen LogP contribution in [0.5, 0.6) is 0 Å². The first-order chi connectivity index (χ1) is 7.66. The van der Waals surface area contributed by atoms with Crippen LogP contribution in [0.3, 0.4) is 0 Å². The number of nitrogens with one attached hydrogen (secondary N) is 1. The fraction of sp³-hybridized carbons (Fsp3) is 0.167. The van der Waals surface area contributed by atoms with Crippen molar-refractivity contribution in [2.24, 2.45) is 0 Å². The van der Waals surface area contributed by atoms with Crippen LogP contribution in [0.15, 0.2) is 30.5 Å². The molecule has 4 heteroatoms.